The van der Waals surface area contributed by atoms with Crippen molar-refractivity contribution < 1.29 is 22.3 Å². The van der Waals surface area contributed by atoms with Crippen LogP contribution in [-0.4, -0.2) is 33.6 Å². The fraction of sp³-hybridized carbons (Fsp3) is 0.417. The third kappa shape index (κ3) is 3.91. The van der Waals surface area contributed by atoms with Gasteiger partial charge in [0.15, 0.2) is 0 Å². The molecule has 1 saturated heterocycles. The lowest BCUT2D eigenvalue weighted by molar-refractivity contribution is 0.0857. The van der Waals surface area contributed by atoms with Gasteiger partial charge in [0.25, 0.3) is 15.0 Å². The van der Waals surface area contributed by atoms with Crippen molar-refractivity contribution in [1.29, 1.82) is 0 Å². The Balaban J connectivity index is 2.11. The van der Waals surface area contributed by atoms with Crippen LogP contribution in [0.5, 0.6) is 0 Å². The summed E-state index contributed by atoms with van der Waals surface area (Å²) >= 11 is 0. The Kier molecular flexibility index (Phi) is 4.62. The first-order valence-electron chi connectivity index (χ1n) is 6.01. The van der Waals surface area contributed by atoms with Gasteiger partial charge in [0, 0.05) is 29.4 Å². The first-order chi connectivity index (χ1) is 9.36. The van der Waals surface area contributed by atoms with Gasteiger partial charge < -0.3 is 10.1 Å². The second kappa shape index (κ2) is 6.07. The highest BCUT2D eigenvalue weighted by atomic mass is 35.7. The van der Waals surface area contributed by atoms with E-state index in [2.05, 4.69) is 5.32 Å². The van der Waals surface area contributed by atoms with E-state index < -0.39 is 25.7 Å². The molecule has 1 atom stereocenters. The number of amides is 1. The number of hydrogen-bond donors (Lipinski definition) is 1. The molecule has 0 saturated carbocycles. The summed E-state index contributed by atoms with van der Waals surface area (Å²) in [7, 11) is 1.06. The molecule has 0 radical (unpaired) electrons. The van der Waals surface area contributed by atoms with Crippen LogP contribution >= 0.6 is 10.7 Å². The molecule has 1 aromatic rings. The Morgan fingerprint density at radius 3 is 2.80 bits per heavy atom. The fourth-order valence-corrected chi connectivity index (χ4v) is 2.74. The second-order valence-corrected chi connectivity index (χ2v) is 7.02. The van der Waals surface area contributed by atoms with Crippen molar-refractivity contribution in [2.24, 2.45) is 0 Å². The van der Waals surface area contributed by atoms with E-state index in [4.69, 9.17) is 15.4 Å². The van der Waals surface area contributed by atoms with Crippen LogP contribution in [0.4, 0.5) is 4.39 Å². The first-order valence-corrected chi connectivity index (χ1v) is 8.32. The molecule has 1 aromatic carbocycles. The Bertz CT molecular complexity index is 614. The van der Waals surface area contributed by atoms with Gasteiger partial charge in [-0.2, -0.15) is 0 Å². The molecule has 1 N–H and O–H groups in total. The third-order valence-corrected chi connectivity index (χ3v) is 4.26. The molecule has 1 unspecified atom stereocenters. The number of rotatable bonds is 4. The van der Waals surface area contributed by atoms with E-state index in [0.29, 0.717) is 13.2 Å². The first kappa shape index (κ1) is 15.2. The van der Waals surface area contributed by atoms with Crippen LogP contribution in [0, 0.1) is 5.82 Å². The van der Waals surface area contributed by atoms with E-state index in [9.17, 15) is 17.6 Å². The summed E-state index contributed by atoms with van der Waals surface area (Å²) in [6.07, 6.45) is 1.74. The largest absolute Gasteiger partial charge is 0.376 e. The summed E-state index contributed by atoms with van der Waals surface area (Å²) in [4.78, 5) is 11.4. The summed E-state index contributed by atoms with van der Waals surface area (Å²) in [6, 6.07) is 2.76. The van der Waals surface area contributed by atoms with E-state index in [0.717, 1.165) is 31.0 Å². The summed E-state index contributed by atoms with van der Waals surface area (Å²) in [5.74, 6) is -1.41. The van der Waals surface area contributed by atoms with Gasteiger partial charge >= 0.3 is 0 Å². The predicted octanol–water partition coefficient (Wildman–Crippen LogP) is 1.66. The average Bonchev–Trinajstić information content (AvgIpc) is 2.87. The van der Waals surface area contributed by atoms with Crippen molar-refractivity contribution in [2.45, 2.75) is 23.8 Å². The Morgan fingerprint density at radius 1 is 1.45 bits per heavy atom. The van der Waals surface area contributed by atoms with Crippen molar-refractivity contribution in [3.05, 3.63) is 29.6 Å². The summed E-state index contributed by atoms with van der Waals surface area (Å²) in [5, 5.41) is 2.58. The van der Waals surface area contributed by atoms with Crippen molar-refractivity contribution in [2.75, 3.05) is 13.2 Å². The molecule has 1 fully saturated rings. The van der Waals surface area contributed by atoms with Crippen LogP contribution in [0.1, 0.15) is 23.2 Å². The predicted molar refractivity (Wildman–Crippen MR) is 70.7 cm³/mol. The molecule has 8 heteroatoms. The van der Waals surface area contributed by atoms with Gasteiger partial charge in [0.05, 0.1) is 11.0 Å². The Labute approximate surface area is 120 Å². The van der Waals surface area contributed by atoms with E-state index in [1.54, 1.807) is 0 Å². The molecule has 2 rings (SSSR count). The van der Waals surface area contributed by atoms with Gasteiger partial charge in [0.1, 0.15) is 5.82 Å². The molecule has 1 amide bonds. The van der Waals surface area contributed by atoms with Crippen molar-refractivity contribution in [3.8, 4) is 0 Å². The number of carbonyl (C=O) groups excluding carboxylic acids is 1. The normalized spacial score (nSPS) is 19.0. The average molecular weight is 322 g/mol. The second-order valence-electron chi connectivity index (χ2n) is 4.46. The number of halogens is 2. The maximum absolute atomic E-state index is 13.3. The monoisotopic (exact) mass is 321 g/mol. The number of hydrogen-bond acceptors (Lipinski definition) is 4. The van der Waals surface area contributed by atoms with Crippen molar-refractivity contribution in [1.82, 2.24) is 5.32 Å². The van der Waals surface area contributed by atoms with Gasteiger partial charge in [-0.15, -0.1) is 0 Å². The number of nitrogens with one attached hydrogen (secondary N) is 1. The minimum atomic E-state index is -4.08. The van der Waals surface area contributed by atoms with E-state index >= 15 is 0 Å². The minimum absolute atomic E-state index is 0.0521. The topological polar surface area (TPSA) is 72.5 Å². The van der Waals surface area contributed by atoms with Crippen molar-refractivity contribution >= 4 is 25.6 Å². The lowest BCUT2D eigenvalue weighted by Gasteiger charge is -2.11. The lowest BCUT2D eigenvalue weighted by atomic mass is 10.2. The highest BCUT2D eigenvalue weighted by Gasteiger charge is 2.19. The zero-order valence-corrected chi connectivity index (χ0v) is 12.0. The van der Waals surface area contributed by atoms with Gasteiger partial charge in [-0.25, -0.2) is 12.8 Å². The third-order valence-electron chi connectivity index (χ3n) is 2.93. The fourth-order valence-electron chi connectivity index (χ4n) is 1.95. The van der Waals surface area contributed by atoms with E-state index in [1.807, 2.05) is 0 Å². The Hall–Kier alpha value is -1.18. The van der Waals surface area contributed by atoms with Gasteiger partial charge in [0.2, 0.25) is 0 Å². The molecule has 0 bridgehead atoms. The number of carbonyl (C=O) groups is 1. The van der Waals surface area contributed by atoms with Gasteiger partial charge in [-0.3, -0.25) is 4.79 Å². The SMILES string of the molecule is O=C(NCC1CCCO1)c1cc(F)cc(S(=O)(=O)Cl)c1. The van der Waals surface area contributed by atoms with Crippen LogP contribution in [0.15, 0.2) is 23.1 Å². The lowest BCUT2D eigenvalue weighted by Crippen LogP contribution is -2.31. The minimum Gasteiger partial charge on any atom is -0.376 e. The summed E-state index contributed by atoms with van der Waals surface area (Å²) in [5.41, 5.74) is -0.0952. The van der Waals surface area contributed by atoms with Crippen LogP contribution in [0.25, 0.3) is 0 Å². The van der Waals surface area contributed by atoms with E-state index in [1.165, 1.54) is 0 Å². The standard InChI is InChI=1S/C12H13ClFNO4S/c13-20(17,18)11-5-8(4-9(14)6-11)12(16)15-7-10-2-1-3-19-10/h4-6,10H,1-3,7H2,(H,15,16). The summed E-state index contributed by atoms with van der Waals surface area (Å²) < 4.78 is 41.0. The molecule has 1 aliphatic rings. The highest BCUT2D eigenvalue weighted by molar-refractivity contribution is 8.13. The zero-order valence-electron chi connectivity index (χ0n) is 10.4. The van der Waals surface area contributed by atoms with Crippen molar-refractivity contribution in [3.63, 3.8) is 0 Å². The van der Waals surface area contributed by atoms with Crippen LogP contribution in [-0.2, 0) is 13.8 Å². The molecule has 5 nitrogen and oxygen atoms in total. The maximum Gasteiger partial charge on any atom is 0.261 e. The molecular formula is C12H13ClFNO4S. The molecule has 0 spiro atoms. The molecule has 1 heterocycles. The van der Waals surface area contributed by atoms with E-state index in [-0.39, 0.29) is 11.7 Å². The van der Waals surface area contributed by atoms with Crippen LogP contribution in [0.2, 0.25) is 0 Å². The molecular weight excluding hydrogens is 309 g/mol. The van der Waals surface area contributed by atoms with Gasteiger partial charge in [-0.05, 0) is 31.0 Å². The van der Waals surface area contributed by atoms with Crippen LogP contribution in [0.3, 0.4) is 0 Å². The van der Waals surface area contributed by atoms with Gasteiger partial charge in [-0.1, -0.05) is 0 Å². The maximum atomic E-state index is 13.3. The Morgan fingerprint density at radius 2 is 2.20 bits per heavy atom. The zero-order chi connectivity index (χ0) is 14.8. The molecule has 0 aliphatic carbocycles. The quantitative estimate of drug-likeness (QED) is 0.856. The molecule has 0 aromatic heterocycles. The number of benzene rings is 1. The highest BCUT2D eigenvalue weighted by Crippen LogP contribution is 2.18. The van der Waals surface area contributed by atoms with Crippen LogP contribution < -0.4 is 5.32 Å². The molecule has 110 valence electrons. The molecule has 1 aliphatic heterocycles. The smallest absolute Gasteiger partial charge is 0.261 e. The molecule has 20 heavy (non-hydrogen) atoms. The number of ether oxygens (including phenoxy) is 1. The summed E-state index contributed by atoms with van der Waals surface area (Å²) in [6.45, 7) is 0.966.